The Morgan fingerprint density at radius 3 is 2.88 bits per heavy atom. The lowest BCUT2D eigenvalue weighted by Gasteiger charge is -2.26. The van der Waals surface area contributed by atoms with Crippen LogP contribution in [0.3, 0.4) is 0 Å². The van der Waals surface area contributed by atoms with Gasteiger partial charge in [-0.1, -0.05) is 12.8 Å². The van der Waals surface area contributed by atoms with E-state index in [1.165, 1.54) is 12.8 Å². The largest absolute Gasteiger partial charge is 0.359 e. The third kappa shape index (κ3) is 3.37. The van der Waals surface area contributed by atoms with E-state index >= 15 is 0 Å². The van der Waals surface area contributed by atoms with Crippen LogP contribution < -0.4 is 10.2 Å². The lowest BCUT2D eigenvalue weighted by molar-refractivity contribution is -0.129. The summed E-state index contributed by atoms with van der Waals surface area (Å²) in [4.78, 5) is 32.8. The first-order valence-electron chi connectivity index (χ1n) is 8.78. The summed E-state index contributed by atoms with van der Waals surface area (Å²) < 4.78 is 0. The van der Waals surface area contributed by atoms with Crippen molar-refractivity contribution in [2.45, 2.75) is 38.1 Å². The van der Waals surface area contributed by atoms with E-state index in [9.17, 15) is 9.59 Å². The number of aromatic nitrogens is 1. The van der Waals surface area contributed by atoms with Gasteiger partial charge in [0, 0.05) is 51.8 Å². The zero-order valence-corrected chi connectivity index (χ0v) is 14.5. The van der Waals surface area contributed by atoms with Crippen LogP contribution in [0.5, 0.6) is 0 Å². The SMILES string of the molecule is CNC(=O)c1cccnc1N(C)C[C@H]1CC(=O)N(C2CCCC2)C1. The summed E-state index contributed by atoms with van der Waals surface area (Å²) in [5.41, 5.74) is 0.569. The highest BCUT2D eigenvalue weighted by molar-refractivity contribution is 5.98. The molecule has 1 aliphatic carbocycles. The molecule has 2 heterocycles. The second-order valence-electron chi connectivity index (χ2n) is 6.89. The number of rotatable bonds is 5. The minimum absolute atomic E-state index is 0.139. The lowest BCUT2D eigenvalue weighted by atomic mass is 10.1. The van der Waals surface area contributed by atoms with Crippen LogP contribution >= 0.6 is 0 Å². The second-order valence-corrected chi connectivity index (χ2v) is 6.89. The van der Waals surface area contributed by atoms with E-state index in [0.717, 1.165) is 25.9 Å². The number of hydrogen-bond donors (Lipinski definition) is 1. The summed E-state index contributed by atoms with van der Waals surface area (Å²) >= 11 is 0. The van der Waals surface area contributed by atoms with Gasteiger partial charge in [-0.25, -0.2) is 4.98 Å². The number of hydrogen-bond acceptors (Lipinski definition) is 4. The van der Waals surface area contributed by atoms with Gasteiger partial charge in [-0.2, -0.15) is 0 Å². The lowest BCUT2D eigenvalue weighted by Crippen LogP contribution is -2.36. The second kappa shape index (κ2) is 7.20. The Balaban J connectivity index is 1.66. The van der Waals surface area contributed by atoms with Gasteiger partial charge in [-0.05, 0) is 25.0 Å². The first-order chi connectivity index (χ1) is 11.6. The highest BCUT2D eigenvalue weighted by Crippen LogP contribution is 2.30. The van der Waals surface area contributed by atoms with E-state index in [0.29, 0.717) is 29.8 Å². The number of nitrogens with one attached hydrogen (secondary N) is 1. The van der Waals surface area contributed by atoms with Crippen molar-refractivity contribution in [3.8, 4) is 0 Å². The minimum Gasteiger partial charge on any atom is -0.359 e. The molecule has 6 heteroatoms. The molecule has 130 valence electrons. The number of nitrogens with zero attached hydrogens (tertiary/aromatic N) is 3. The summed E-state index contributed by atoms with van der Waals surface area (Å²) in [5.74, 6) is 1.11. The van der Waals surface area contributed by atoms with E-state index < -0.39 is 0 Å². The van der Waals surface area contributed by atoms with Gasteiger partial charge in [0.25, 0.3) is 5.91 Å². The molecule has 0 radical (unpaired) electrons. The van der Waals surface area contributed by atoms with Crippen LogP contribution in [0.2, 0.25) is 0 Å². The average Bonchev–Trinajstić information content (AvgIpc) is 3.23. The van der Waals surface area contributed by atoms with Gasteiger partial charge in [0.15, 0.2) is 0 Å². The Kier molecular flexibility index (Phi) is 5.02. The normalized spacial score (nSPS) is 21.3. The molecule has 1 aliphatic heterocycles. The average molecular weight is 330 g/mol. The van der Waals surface area contributed by atoms with E-state index in [1.807, 2.05) is 11.9 Å². The molecular weight excluding hydrogens is 304 g/mol. The van der Waals surface area contributed by atoms with Crippen molar-refractivity contribution < 1.29 is 9.59 Å². The number of carbonyl (C=O) groups excluding carboxylic acids is 2. The number of amides is 2. The standard InChI is InChI=1S/C18H26N4O2/c1-19-18(24)15-8-5-9-20-17(15)21(2)11-13-10-16(23)22(12-13)14-6-3-4-7-14/h5,8-9,13-14H,3-4,6-7,10-12H2,1-2H3,(H,19,24)/t13-/m1/s1. The number of anilines is 1. The van der Waals surface area contributed by atoms with Crippen molar-refractivity contribution in [2.75, 3.05) is 32.1 Å². The Morgan fingerprint density at radius 2 is 2.17 bits per heavy atom. The van der Waals surface area contributed by atoms with Gasteiger partial charge in [0.2, 0.25) is 5.91 Å². The number of likely N-dealkylation sites (tertiary alicyclic amines) is 1. The number of carbonyl (C=O) groups is 2. The van der Waals surface area contributed by atoms with Crippen molar-refractivity contribution >= 4 is 17.6 Å². The molecular formula is C18H26N4O2. The molecule has 2 aliphatic rings. The first-order valence-corrected chi connectivity index (χ1v) is 8.78. The molecule has 6 nitrogen and oxygen atoms in total. The Bertz CT molecular complexity index is 613. The van der Waals surface area contributed by atoms with Crippen molar-refractivity contribution in [3.63, 3.8) is 0 Å². The van der Waals surface area contributed by atoms with Crippen LogP contribution in [0.15, 0.2) is 18.3 Å². The Hall–Kier alpha value is -2.11. The third-order valence-corrected chi connectivity index (χ3v) is 5.16. The maximum atomic E-state index is 12.3. The molecule has 0 spiro atoms. The smallest absolute Gasteiger partial charge is 0.254 e. The van der Waals surface area contributed by atoms with Gasteiger partial charge >= 0.3 is 0 Å². The fraction of sp³-hybridized carbons (Fsp3) is 0.611. The highest BCUT2D eigenvalue weighted by Gasteiger charge is 2.36. The molecule has 1 saturated heterocycles. The maximum Gasteiger partial charge on any atom is 0.254 e. The van der Waals surface area contributed by atoms with Crippen LogP contribution in [0.25, 0.3) is 0 Å². The van der Waals surface area contributed by atoms with E-state index in [1.54, 1.807) is 25.4 Å². The quantitative estimate of drug-likeness (QED) is 0.892. The molecule has 1 aromatic heterocycles. The number of pyridine rings is 1. The fourth-order valence-corrected chi connectivity index (χ4v) is 3.99. The molecule has 0 unspecified atom stereocenters. The van der Waals surface area contributed by atoms with Crippen LogP contribution in [0.4, 0.5) is 5.82 Å². The van der Waals surface area contributed by atoms with Crippen molar-refractivity contribution in [1.29, 1.82) is 0 Å². The monoisotopic (exact) mass is 330 g/mol. The molecule has 0 bridgehead atoms. The molecule has 1 N–H and O–H groups in total. The van der Waals surface area contributed by atoms with Crippen molar-refractivity contribution in [2.24, 2.45) is 5.92 Å². The van der Waals surface area contributed by atoms with Gasteiger partial charge in [0.1, 0.15) is 5.82 Å². The Morgan fingerprint density at radius 1 is 1.42 bits per heavy atom. The zero-order valence-electron chi connectivity index (χ0n) is 14.5. The fourth-order valence-electron chi connectivity index (χ4n) is 3.99. The molecule has 2 fully saturated rings. The predicted molar refractivity (Wildman–Crippen MR) is 93.0 cm³/mol. The van der Waals surface area contributed by atoms with Crippen molar-refractivity contribution in [1.82, 2.24) is 15.2 Å². The Labute approximate surface area is 143 Å². The molecule has 1 aromatic rings. The molecule has 1 atom stereocenters. The van der Waals surface area contributed by atoms with Gasteiger partial charge < -0.3 is 15.1 Å². The molecule has 1 saturated carbocycles. The molecule has 24 heavy (non-hydrogen) atoms. The van der Waals surface area contributed by atoms with Crippen LogP contribution in [0.1, 0.15) is 42.5 Å². The summed E-state index contributed by atoms with van der Waals surface area (Å²) in [6.07, 6.45) is 7.07. The maximum absolute atomic E-state index is 12.3. The topological polar surface area (TPSA) is 65.5 Å². The van der Waals surface area contributed by atoms with Gasteiger partial charge in [0.05, 0.1) is 5.56 Å². The molecule has 3 rings (SSSR count). The van der Waals surface area contributed by atoms with Gasteiger partial charge in [-0.3, -0.25) is 9.59 Å². The molecule has 2 amide bonds. The predicted octanol–water partition coefficient (Wildman–Crippen LogP) is 1.67. The van der Waals surface area contributed by atoms with Crippen molar-refractivity contribution in [3.05, 3.63) is 23.9 Å². The zero-order chi connectivity index (χ0) is 17.1. The first kappa shape index (κ1) is 16.7. The third-order valence-electron chi connectivity index (χ3n) is 5.16. The summed E-state index contributed by atoms with van der Waals surface area (Å²) in [6.45, 7) is 1.56. The van der Waals surface area contributed by atoms with Crippen LogP contribution in [-0.2, 0) is 4.79 Å². The summed E-state index contributed by atoms with van der Waals surface area (Å²) in [5, 5.41) is 2.65. The van der Waals surface area contributed by atoms with E-state index in [2.05, 4.69) is 15.2 Å². The van der Waals surface area contributed by atoms with Crippen LogP contribution in [0, 0.1) is 5.92 Å². The minimum atomic E-state index is -0.139. The van der Waals surface area contributed by atoms with Crippen LogP contribution in [-0.4, -0.2) is 54.9 Å². The highest BCUT2D eigenvalue weighted by atomic mass is 16.2. The van der Waals surface area contributed by atoms with Gasteiger partial charge in [-0.15, -0.1) is 0 Å². The summed E-state index contributed by atoms with van der Waals surface area (Å²) in [6, 6.07) is 3.99. The van der Waals surface area contributed by atoms with E-state index in [-0.39, 0.29) is 11.8 Å². The summed E-state index contributed by atoms with van der Waals surface area (Å²) in [7, 11) is 3.56. The molecule has 0 aromatic carbocycles. The van der Waals surface area contributed by atoms with E-state index in [4.69, 9.17) is 0 Å².